The highest BCUT2D eigenvalue weighted by molar-refractivity contribution is 7.89. The molecule has 0 atom stereocenters. The van der Waals surface area contributed by atoms with Gasteiger partial charge in [0.05, 0.1) is 17.7 Å². The molecule has 0 unspecified atom stereocenters. The number of hydrazone groups is 1. The zero-order valence-corrected chi connectivity index (χ0v) is 20.9. The molecule has 0 heterocycles. The monoisotopic (exact) mass is 523 g/mol. The molecule has 0 bridgehead atoms. The minimum atomic E-state index is -4.16. The lowest BCUT2D eigenvalue weighted by Gasteiger charge is -2.22. The van der Waals surface area contributed by atoms with Crippen molar-refractivity contribution in [1.29, 1.82) is 0 Å². The lowest BCUT2D eigenvalue weighted by Crippen LogP contribution is -2.39. The number of sulfonamides is 1. The van der Waals surface area contributed by atoms with Crippen LogP contribution in [0, 0.1) is 12.7 Å². The normalized spacial score (nSPS) is 11.9. The van der Waals surface area contributed by atoms with Crippen molar-refractivity contribution in [2.24, 2.45) is 5.10 Å². The molecule has 184 valence electrons. The van der Waals surface area contributed by atoms with Crippen molar-refractivity contribution in [1.82, 2.24) is 9.73 Å². The number of rotatable bonds is 8. The number of halogens is 2. The number of aryl methyl sites for hydroxylation is 1. The molecule has 0 aromatic heterocycles. The molecule has 36 heavy (non-hydrogen) atoms. The molecule has 0 aliphatic heterocycles. The Labute approximate surface area is 214 Å². The third-order valence-corrected chi connectivity index (χ3v) is 7.75. The predicted octanol–water partition coefficient (Wildman–Crippen LogP) is 5.28. The quantitative estimate of drug-likeness (QED) is 0.252. The Balaban J connectivity index is 1.58. The topological polar surface area (TPSA) is 78.8 Å². The van der Waals surface area contributed by atoms with E-state index in [4.69, 9.17) is 11.6 Å². The summed E-state index contributed by atoms with van der Waals surface area (Å²) in [4.78, 5) is 12.7. The SMILES string of the molecule is Cc1ccc(S(=O)(=O)N(CC(=O)NN=Cc2cccc3ccccc23)Cc2c(F)cccc2Cl)cc1. The fourth-order valence-electron chi connectivity index (χ4n) is 3.68. The molecule has 0 saturated heterocycles. The highest BCUT2D eigenvalue weighted by atomic mass is 35.5. The minimum Gasteiger partial charge on any atom is -0.272 e. The van der Waals surface area contributed by atoms with Gasteiger partial charge in [0, 0.05) is 22.7 Å². The lowest BCUT2D eigenvalue weighted by atomic mass is 10.1. The van der Waals surface area contributed by atoms with E-state index >= 15 is 0 Å². The largest absolute Gasteiger partial charge is 0.272 e. The van der Waals surface area contributed by atoms with Gasteiger partial charge in [-0.05, 0) is 42.0 Å². The molecule has 6 nitrogen and oxygen atoms in total. The minimum absolute atomic E-state index is 0.0207. The van der Waals surface area contributed by atoms with Gasteiger partial charge in [-0.25, -0.2) is 18.2 Å². The number of benzene rings is 4. The van der Waals surface area contributed by atoms with Gasteiger partial charge in [0.1, 0.15) is 5.82 Å². The second-order valence-electron chi connectivity index (χ2n) is 8.15. The van der Waals surface area contributed by atoms with E-state index in [0.29, 0.717) is 0 Å². The van der Waals surface area contributed by atoms with Crippen LogP contribution in [-0.4, -0.2) is 31.4 Å². The molecule has 0 radical (unpaired) electrons. The summed E-state index contributed by atoms with van der Waals surface area (Å²) in [6, 6.07) is 23.7. The average Bonchev–Trinajstić information content (AvgIpc) is 2.86. The predicted molar refractivity (Wildman–Crippen MR) is 140 cm³/mol. The van der Waals surface area contributed by atoms with Gasteiger partial charge < -0.3 is 0 Å². The third kappa shape index (κ3) is 5.79. The third-order valence-electron chi connectivity index (χ3n) is 5.59. The molecule has 4 aromatic rings. The van der Waals surface area contributed by atoms with E-state index in [1.807, 2.05) is 49.4 Å². The van der Waals surface area contributed by atoms with Gasteiger partial charge >= 0.3 is 0 Å². The van der Waals surface area contributed by atoms with Gasteiger partial charge in [-0.2, -0.15) is 9.41 Å². The van der Waals surface area contributed by atoms with Crippen molar-refractivity contribution < 1.29 is 17.6 Å². The smallest absolute Gasteiger partial charge is 0.255 e. The summed E-state index contributed by atoms with van der Waals surface area (Å²) in [6.07, 6.45) is 1.49. The fourth-order valence-corrected chi connectivity index (χ4v) is 5.26. The van der Waals surface area contributed by atoms with E-state index < -0.39 is 34.8 Å². The number of nitrogens with zero attached hydrogens (tertiary/aromatic N) is 2. The summed E-state index contributed by atoms with van der Waals surface area (Å²) in [6.45, 7) is 0.810. The number of fused-ring (bicyclic) bond motifs is 1. The van der Waals surface area contributed by atoms with E-state index in [1.165, 1.54) is 36.5 Å². The molecule has 4 aromatic carbocycles. The van der Waals surface area contributed by atoms with Crippen LogP contribution >= 0.6 is 11.6 Å². The standard InChI is InChI=1S/C27H23ClFN3O3S/c1-19-12-14-22(15-13-19)36(34,35)32(17-24-25(28)10-5-11-26(24)29)18-27(33)31-30-16-21-8-4-7-20-6-2-3-9-23(20)21/h2-16H,17-18H2,1H3,(H,31,33). The van der Waals surface area contributed by atoms with Gasteiger partial charge in [-0.15, -0.1) is 0 Å². The summed E-state index contributed by atoms with van der Waals surface area (Å²) < 4.78 is 42.1. The Kier molecular flexibility index (Phi) is 7.79. The van der Waals surface area contributed by atoms with E-state index in [2.05, 4.69) is 10.5 Å². The molecule has 0 spiro atoms. The average molecular weight is 524 g/mol. The Hall–Kier alpha value is -3.59. The molecular formula is C27H23ClFN3O3S. The van der Waals surface area contributed by atoms with E-state index in [9.17, 15) is 17.6 Å². The number of hydrogen-bond acceptors (Lipinski definition) is 4. The first kappa shape index (κ1) is 25.5. The van der Waals surface area contributed by atoms with Crippen LogP contribution in [0.25, 0.3) is 10.8 Å². The highest BCUT2D eigenvalue weighted by Crippen LogP contribution is 2.25. The Morgan fingerprint density at radius 1 is 1.00 bits per heavy atom. The number of carbonyl (C=O) groups excluding carboxylic acids is 1. The number of amides is 1. The molecule has 1 N–H and O–H groups in total. The second-order valence-corrected chi connectivity index (χ2v) is 10.5. The molecule has 0 aliphatic rings. The van der Waals surface area contributed by atoms with Crippen LogP contribution in [0.15, 0.2) is 94.9 Å². The summed E-state index contributed by atoms with van der Waals surface area (Å²) in [5, 5.41) is 6.04. The first-order valence-electron chi connectivity index (χ1n) is 11.0. The highest BCUT2D eigenvalue weighted by Gasteiger charge is 2.28. The van der Waals surface area contributed by atoms with Crippen molar-refractivity contribution in [3.8, 4) is 0 Å². The van der Waals surface area contributed by atoms with E-state index in [1.54, 1.807) is 12.1 Å². The Bertz CT molecular complexity index is 1510. The summed E-state index contributed by atoms with van der Waals surface area (Å²) in [5.41, 5.74) is 4.01. The van der Waals surface area contributed by atoms with Crippen LogP contribution < -0.4 is 5.43 Å². The molecule has 0 aliphatic carbocycles. The summed E-state index contributed by atoms with van der Waals surface area (Å²) in [7, 11) is -4.16. The van der Waals surface area contributed by atoms with Gasteiger partial charge in [0.2, 0.25) is 10.0 Å². The van der Waals surface area contributed by atoms with Crippen molar-refractivity contribution in [3.05, 3.63) is 112 Å². The number of nitrogens with one attached hydrogen (secondary N) is 1. The van der Waals surface area contributed by atoms with Crippen LogP contribution in [0.5, 0.6) is 0 Å². The van der Waals surface area contributed by atoms with Crippen molar-refractivity contribution in [2.75, 3.05) is 6.54 Å². The second kappa shape index (κ2) is 11.0. The molecule has 0 fully saturated rings. The van der Waals surface area contributed by atoms with Crippen molar-refractivity contribution >= 4 is 44.5 Å². The van der Waals surface area contributed by atoms with Crippen LogP contribution in [-0.2, 0) is 21.4 Å². The maximum atomic E-state index is 14.5. The molecule has 1 amide bonds. The van der Waals surface area contributed by atoms with Gasteiger partial charge in [-0.1, -0.05) is 77.8 Å². The summed E-state index contributed by atoms with van der Waals surface area (Å²) in [5.74, 6) is -1.35. The van der Waals surface area contributed by atoms with Crippen LogP contribution in [0.2, 0.25) is 5.02 Å². The number of carbonyl (C=O) groups is 1. The maximum absolute atomic E-state index is 14.5. The van der Waals surface area contributed by atoms with Crippen LogP contribution in [0.3, 0.4) is 0 Å². The summed E-state index contributed by atoms with van der Waals surface area (Å²) >= 11 is 6.14. The van der Waals surface area contributed by atoms with Gasteiger partial charge in [0.25, 0.3) is 5.91 Å². The first-order valence-corrected chi connectivity index (χ1v) is 12.9. The molecular weight excluding hydrogens is 501 g/mol. The molecule has 9 heteroatoms. The van der Waals surface area contributed by atoms with Crippen molar-refractivity contribution in [3.63, 3.8) is 0 Å². The van der Waals surface area contributed by atoms with Crippen LogP contribution in [0.4, 0.5) is 4.39 Å². The Morgan fingerprint density at radius 2 is 1.69 bits per heavy atom. The van der Waals surface area contributed by atoms with Crippen LogP contribution in [0.1, 0.15) is 16.7 Å². The van der Waals surface area contributed by atoms with E-state index in [-0.39, 0.29) is 15.5 Å². The fraction of sp³-hybridized carbons (Fsp3) is 0.111. The molecule has 0 saturated carbocycles. The van der Waals surface area contributed by atoms with Gasteiger partial charge in [0.15, 0.2) is 0 Å². The van der Waals surface area contributed by atoms with Crippen molar-refractivity contribution in [2.45, 2.75) is 18.4 Å². The maximum Gasteiger partial charge on any atom is 0.255 e. The van der Waals surface area contributed by atoms with Gasteiger partial charge in [-0.3, -0.25) is 4.79 Å². The zero-order valence-electron chi connectivity index (χ0n) is 19.4. The lowest BCUT2D eigenvalue weighted by molar-refractivity contribution is -0.121. The first-order chi connectivity index (χ1) is 17.3. The Morgan fingerprint density at radius 3 is 2.44 bits per heavy atom. The number of hydrogen-bond donors (Lipinski definition) is 1. The van der Waals surface area contributed by atoms with E-state index in [0.717, 1.165) is 26.2 Å². The zero-order chi connectivity index (χ0) is 25.7. The molecule has 4 rings (SSSR count).